The number of rotatable bonds is 4. The lowest BCUT2D eigenvalue weighted by Crippen LogP contribution is -2.34. The van der Waals surface area contributed by atoms with E-state index in [-0.39, 0.29) is 0 Å². The molecule has 2 aliphatic heterocycles. The zero-order chi connectivity index (χ0) is 27.9. The molecule has 0 aliphatic carbocycles. The molecule has 0 spiro atoms. The van der Waals surface area contributed by atoms with Gasteiger partial charge in [0.2, 0.25) is 0 Å². The van der Waals surface area contributed by atoms with Crippen molar-refractivity contribution >= 4 is 46.0 Å². The molecular formula is C30H20N12. The Morgan fingerprint density at radius 3 is 0.786 bits per heavy atom. The Kier molecular flexibility index (Phi) is 5.45. The van der Waals surface area contributed by atoms with Gasteiger partial charge in [-0.15, -0.1) is 20.4 Å². The van der Waals surface area contributed by atoms with Gasteiger partial charge in [0, 0.05) is 24.8 Å². The third-order valence-corrected chi connectivity index (χ3v) is 6.92. The second-order valence-electron chi connectivity index (χ2n) is 9.29. The zero-order valence-electron chi connectivity index (χ0n) is 21.9. The van der Waals surface area contributed by atoms with Gasteiger partial charge in [-0.05, 0) is 72.8 Å². The third kappa shape index (κ3) is 3.63. The van der Waals surface area contributed by atoms with Crippen LogP contribution in [-0.4, -0.2) is 40.8 Å². The van der Waals surface area contributed by atoms with Gasteiger partial charge in [0.1, 0.15) is 0 Å². The zero-order valence-corrected chi connectivity index (χ0v) is 21.9. The molecule has 2 aliphatic rings. The van der Waals surface area contributed by atoms with Crippen molar-refractivity contribution in [1.82, 2.24) is 40.8 Å². The molecule has 0 saturated heterocycles. The minimum atomic E-state index is 0.619. The normalized spacial score (nSPS) is 13.9. The van der Waals surface area contributed by atoms with Crippen LogP contribution in [0.5, 0.6) is 0 Å². The smallest absolute Gasteiger partial charge is 0.168 e. The van der Waals surface area contributed by atoms with E-state index < -0.39 is 0 Å². The molecule has 0 atom stereocenters. The molecule has 200 valence electrons. The highest BCUT2D eigenvalue weighted by Gasteiger charge is 2.45. The molecule has 0 bridgehead atoms. The quantitative estimate of drug-likeness (QED) is 0.286. The summed E-state index contributed by atoms with van der Waals surface area (Å²) in [7, 11) is 0. The Hall–Kier alpha value is -6.30. The minimum absolute atomic E-state index is 0.619. The number of nitrogens with zero attached hydrogens (tertiary/aromatic N) is 12. The number of benzene rings is 2. The molecule has 0 radical (unpaired) electrons. The van der Waals surface area contributed by atoms with E-state index in [1.807, 2.05) is 97.1 Å². The summed E-state index contributed by atoms with van der Waals surface area (Å²) in [4.78, 5) is 8.24. The average molecular weight is 549 g/mol. The van der Waals surface area contributed by atoms with Crippen molar-refractivity contribution in [3.8, 4) is 0 Å². The van der Waals surface area contributed by atoms with E-state index in [0.29, 0.717) is 34.9 Å². The summed E-state index contributed by atoms with van der Waals surface area (Å²) in [6.45, 7) is 0. The van der Waals surface area contributed by atoms with Crippen LogP contribution in [0.3, 0.4) is 0 Å². The number of para-hydroxylation sites is 4. The molecule has 12 heteroatoms. The first kappa shape index (κ1) is 23.6. The first-order valence-electron chi connectivity index (χ1n) is 13.1. The topological polar surface area (TPSA) is 116 Å². The second kappa shape index (κ2) is 9.71. The Labute approximate surface area is 239 Å². The van der Waals surface area contributed by atoms with Gasteiger partial charge in [0.25, 0.3) is 0 Å². The Balaban J connectivity index is 1.53. The predicted octanol–water partition coefficient (Wildman–Crippen LogP) is 5.25. The van der Waals surface area contributed by atoms with E-state index in [9.17, 15) is 0 Å². The van der Waals surface area contributed by atoms with Crippen molar-refractivity contribution in [2.75, 3.05) is 19.6 Å². The van der Waals surface area contributed by atoms with Crippen LogP contribution in [0.25, 0.3) is 0 Å². The van der Waals surface area contributed by atoms with E-state index in [4.69, 9.17) is 0 Å². The minimum Gasteiger partial charge on any atom is -0.273 e. The van der Waals surface area contributed by atoms with Gasteiger partial charge in [-0.25, -0.2) is 0 Å². The molecule has 0 amide bonds. The Morgan fingerprint density at radius 1 is 0.310 bits per heavy atom. The SMILES string of the molecule is c1cnnc(N2C(=C3N(c4cccnn4)c4ccccc4N3c3cccnn3)N(c3cccnn3)c3ccccc32)c1. The van der Waals surface area contributed by atoms with Gasteiger partial charge < -0.3 is 0 Å². The van der Waals surface area contributed by atoms with Gasteiger partial charge in [0.05, 0.1) is 22.7 Å². The second-order valence-corrected chi connectivity index (χ2v) is 9.29. The lowest BCUT2D eigenvalue weighted by molar-refractivity contribution is 0.905. The highest BCUT2D eigenvalue weighted by Crippen LogP contribution is 2.55. The number of hydrogen-bond donors (Lipinski definition) is 0. The first-order valence-corrected chi connectivity index (χ1v) is 13.1. The van der Waals surface area contributed by atoms with Crippen LogP contribution >= 0.6 is 0 Å². The van der Waals surface area contributed by atoms with Crippen LogP contribution in [-0.2, 0) is 0 Å². The maximum absolute atomic E-state index is 4.54. The molecule has 42 heavy (non-hydrogen) atoms. The maximum Gasteiger partial charge on any atom is 0.168 e. The van der Waals surface area contributed by atoms with Gasteiger partial charge in [0.15, 0.2) is 34.9 Å². The molecule has 6 aromatic rings. The summed E-state index contributed by atoms with van der Waals surface area (Å²) < 4.78 is 0. The van der Waals surface area contributed by atoms with Crippen molar-refractivity contribution in [2.24, 2.45) is 0 Å². The summed E-state index contributed by atoms with van der Waals surface area (Å²) >= 11 is 0. The monoisotopic (exact) mass is 548 g/mol. The van der Waals surface area contributed by atoms with Crippen LogP contribution in [0, 0.1) is 0 Å². The Morgan fingerprint density at radius 2 is 0.571 bits per heavy atom. The fourth-order valence-corrected chi connectivity index (χ4v) is 5.32. The van der Waals surface area contributed by atoms with E-state index in [1.54, 1.807) is 24.8 Å². The van der Waals surface area contributed by atoms with Crippen LogP contribution in [0.15, 0.2) is 133 Å². The van der Waals surface area contributed by atoms with Gasteiger partial charge in [-0.2, -0.15) is 20.4 Å². The standard InChI is InChI=1S/C30H20N12/c1-2-10-22-21(9-1)39(25-13-5-17-31-35-25)29(40(22)26-14-6-18-32-36-26)30-41(27-15-7-19-33-37-27)23-11-3-4-12-24(23)42(30)28-16-8-20-34-38-28/h1-20H. The highest BCUT2D eigenvalue weighted by molar-refractivity contribution is 5.98. The summed E-state index contributed by atoms with van der Waals surface area (Å²) in [6.07, 6.45) is 6.62. The fourth-order valence-electron chi connectivity index (χ4n) is 5.32. The molecule has 2 aromatic carbocycles. The van der Waals surface area contributed by atoms with Crippen LogP contribution in [0.4, 0.5) is 46.0 Å². The highest BCUT2D eigenvalue weighted by atomic mass is 15.5. The predicted molar refractivity (Wildman–Crippen MR) is 157 cm³/mol. The summed E-state index contributed by atoms with van der Waals surface area (Å²) in [5.41, 5.74) is 3.56. The molecule has 0 fully saturated rings. The fraction of sp³-hybridized carbons (Fsp3) is 0. The molecule has 0 N–H and O–H groups in total. The maximum atomic E-state index is 4.54. The summed E-state index contributed by atoms with van der Waals surface area (Å²) in [6, 6.07) is 31.3. The number of hydrogen-bond acceptors (Lipinski definition) is 12. The Bertz CT molecular complexity index is 1630. The van der Waals surface area contributed by atoms with Gasteiger partial charge in [-0.3, -0.25) is 19.6 Å². The lowest BCUT2D eigenvalue weighted by Gasteiger charge is -2.31. The van der Waals surface area contributed by atoms with E-state index >= 15 is 0 Å². The summed E-state index contributed by atoms with van der Waals surface area (Å²) in [5, 5.41) is 35.0. The summed E-state index contributed by atoms with van der Waals surface area (Å²) in [5.74, 6) is 3.90. The lowest BCUT2D eigenvalue weighted by atomic mass is 10.2. The van der Waals surface area contributed by atoms with Crippen LogP contribution < -0.4 is 19.6 Å². The molecule has 6 heterocycles. The molecule has 12 nitrogen and oxygen atoms in total. The van der Waals surface area contributed by atoms with Gasteiger partial charge in [-0.1, -0.05) is 24.3 Å². The molecular weight excluding hydrogens is 528 g/mol. The molecule has 8 rings (SSSR count). The van der Waals surface area contributed by atoms with Crippen molar-refractivity contribution < 1.29 is 0 Å². The van der Waals surface area contributed by atoms with E-state index in [2.05, 4.69) is 60.4 Å². The molecule has 0 unspecified atom stereocenters. The third-order valence-electron chi connectivity index (χ3n) is 6.92. The van der Waals surface area contributed by atoms with Crippen molar-refractivity contribution in [1.29, 1.82) is 0 Å². The van der Waals surface area contributed by atoms with Crippen molar-refractivity contribution in [3.63, 3.8) is 0 Å². The molecule has 4 aromatic heterocycles. The van der Waals surface area contributed by atoms with Crippen LogP contribution in [0.2, 0.25) is 0 Å². The number of anilines is 8. The van der Waals surface area contributed by atoms with E-state index in [0.717, 1.165) is 22.7 Å². The number of aromatic nitrogens is 8. The van der Waals surface area contributed by atoms with E-state index in [1.165, 1.54) is 0 Å². The average Bonchev–Trinajstić information content (AvgIpc) is 3.59. The number of fused-ring (bicyclic) bond motifs is 2. The van der Waals surface area contributed by atoms with Crippen molar-refractivity contribution in [3.05, 3.63) is 133 Å². The molecule has 0 saturated carbocycles. The largest absolute Gasteiger partial charge is 0.273 e. The van der Waals surface area contributed by atoms with Crippen LogP contribution in [0.1, 0.15) is 0 Å². The van der Waals surface area contributed by atoms with Gasteiger partial charge >= 0.3 is 0 Å². The van der Waals surface area contributed by atoms with Crippen molar-refractivity contribution in [2.45, 2.75) is 0 Å². The first-order chi connectivity index (χ1) is 20.9.